The summed E-state index contributed by atoms with van der Waals surface area (Å²) in [4.78, 5) is 22.5. The molecule has 1 atom stereocenters. The van der Waals surface area contributed by atoms with E-state index in [4.69, 9.17) is 9.47 Å². The summed E-state index contributed by atoms with van der Waals surface area (Å²) in [6.07, 6.45) is 11.6. The molecule has 4 nitrogen and oxygen atoms in total. The Morgan fingerprint density at radius 1 is 0.864 bits per heavy atom. The maximum Gasteiger partial charge on any atom is 0.305 e. The predicted molar refractivity (Wildman–Crippen MR) is 88.6 cm³/mol. The van der Waals surface area contributed by atoms with Crippen molar-refractivity contribution in [2.24, 2.45) is 0 Å². The van der Waals surface area contributed by atoms with Crippen LogP contribution in [0.5, 0.6) is 0 Å². The first-order valence-electron chi connectivity index (χ1n) is 8.93. The van der Waals surface area contributed by atoms with Crippen molar-refractivity contribution >= 4 is 11.9 Å². The Morgan fingerprint density at radius 3 is 2.00 bits per heavy atom. The average molecular weight is 314 g/mol. The molecule has 0 spiro atoms. The highest BCUT2D eigenvalue weighted by atomic mass is 16.6. The van der Waals surface area contributed by atoms with Crippen LogP contribution in [0.25, 0.3) is 0 Å². The van der Waals surface area contributed by atoms with E-state index in [1.165, 1.54) is 45.4 Å². The maximum absolute atomic E-state index is 11.4. The fourth-order valence-electron chi connectivity index (χ4n) is 2.38. The van der Waals surface area contributed by atoms with Gasteiger partial charge in [0.1, 0.15) is 12.7 Å². The van der Waals surface area contributed by atoms with Gasteiger partial charge in [-0.1, -0.05) is 58.8 Å². The van der Waals surface area contributed by atoms with E-state index in [0.29, 0.717) is 6.42 Å². The van der Waals surface area contributed by atoms with Crippen LogP contribution >= 0.6 is 0 Å². The van der Waals surface area contributed by atoms with Crippen LogP contribution in [0.2, 0.25) is 0 Å². The van der Waals surface area contributed by atoms with Crippen LogP contribution in [0.1, 0.15) is 91.4 Å². The highest BCUT2D eigenvalue weighted by Gasteiger charge is 2.14. The molecule has 0 aromatic carbocycles. The molecular formula is C18H34O4. The summed E-state index contributed by atoms with van der Waals surface area (Å²) in [5, 5.41) is 0. The Hall–Kier alpha value is -1.06. The number of carbonyl (C=O) groups is 2. The van der Waals surface area contributed by atoms with Gasteiger partial charge in [0.25, 0.3) is 0 Å². The molecule has 0 aliphatic rings. The van der Waals surface area contributed by atoms with E-state index in [1.807, 2.05) is 6.92 Å². The number of unbranched alkanes of at least 4 members (excludes halogenated alkanes) is 7. The molecule has 0 aromatic heterocycles. The van der Waals surface area contributed by atoms with Gasteiger partial charge in [0, 0.05) is 13.3 Å². The van der Waals surface area contributed by atoms with Crippen LogP contribution < -0.4 is 0 Å². The van der Waals surface area contributed by atoms with Crippen LogP contribution in [-0.4, -0.2) is 24.6 Å². The van der Waals surface area contributed by atoms with Gasteiger partial charge in [-0.15, -0.1) is 0 Å². The van der Waals surface area contributed by atoms with E-state index in [-0.39, 0.29) is 24.6 Å². The van der Waals surface area contributed by atoms with E-state index in [1.54, 1.807) is 0 Å². The van der Waals surface area contributed by atoms with Gasteiger partial charge in [0.15, 0.2) is 0 Å². The third-order valence-electron chi connectivity index (χ3n) is 3.60. The molecule has 0 bridgehead atoms. The van der Waals surface area contributed by atoms with Gasteiger partial charge >= 0.3 is 11.9 Å². The summed E-state index contributed by atoms with van der Waals surface area (Å²) in [5.74, 6) is -0.522. The summed E-state index contributed by atoms with van der Waals surface area (Å²) in [7, 11) is 0. The minimum atomic E-state index is -0.309. The molecular weight excluding hydrogens is 280 g/mol. The van der Waals surface area contributed by atoms with Gasteiger partial charge in [-0.2, -0.15) is 0 Å². The van der Waals surface area contributed by atoms with Crippen molar-refractivity contribution in [2.45, 2.75) is 97.5 Å². The molecule has 0 saturated heterocycles. The first-order chi connectivity index (χ1) is 10.6. The van der Waals surface area contributed by atoms with Gasteiger partial charge in [-0.05, 0) is 19.3 Å². The highest BCUT2D eigenvalue weighted by molar-refractivity contribution is 5.69. The molecule has 0 fully saturated rings. The lowest BCUT2D eigenvalue weighted by atomic mass is 10.1. The number of rotatable bonds is 14. The fourth-order valence-corrected chi connectivity index (χ4v) is 2.38. The van der Waals surface area contributed by atoms with Crippen LogP contribution in [0.4, 0.5) is 0 Å². The smallest absolute Gasteiger partial charge is 0.305 e. The van der Waals surface area contributed by atoms with E-state index in [2.05, 4.69) is 6.92 Å². The first-order valence-corrected chi connectivity index (χ1v) is 8.93. The molecule has 0 radical (unpaired) electrons. The van der Waals surface area contributed by atoms with Gasteiger partial charge in [0.05, 0.1) is 0 Å². The van der Waals surface area contributed by atoms with E-state index >= 15 is 0 Å². The van der Waals surface area contributed by atoms with Crippen LogP contribution in [-0.2, 0) is 19.1 Å². The zero-order valence-corrected chi connectivity index (χ0v) is 14.7. The number of esters is 2. The lowest BCUT2D eigenvalue weighted by Crippen LogP contribution is -2.24. The van der Waals surface area contributed by atoms with Crippen LogP contribution in [0.15, 0.2) is 0 Å². The number of ether oxygens (including phenoxy) is 2. The molecule has 0 aromatic rings. The summed E-state index contributed by atoms with van der Waals surface area (Å²) < 4.78 is 10.4. The van der Waals surface area contributed by atoms with Crippen LogP contribution in [0.3, 0.4) is 0 Å². The largest absolute Gasteiger partial charge is 0.462 e. The zero-order chi connectivity index (χ0) is 16.6. The topological polar surface area (TPSA) is 52.6 Å². The Bertz CT molecular complexity index is 289. The predicted octanol–water partition coefficient (Wildman–Crippen LogP) is 4.79. The minimum absolute atomic E-state index is 0.189. The van der Waals surface area contributed by atoms with E-state index in [0.717, 1.165) is 25.7 Å². The van der Waals surface area contributed by atoms with Crippen LogP contribution in [0, 0.1) is 0 Å². The van der Waals surface area contributed by atoms with Crippen molar-refractivity contribution in [3.63, 3.8) is 0 Å². The molecule has 0 unspecified atom stereocenters. The lowest BCUT2D eigenvalue weighted by molar-refractivity contribution is -0.157. The Labute approximate surface area is 135 Å². The summed E-state index contributed by atoms with van der Waals surface area (Å²) in [6, 6.07) is 0. The molecule has 0 aliphatic carbocycles. The molecule has 0 rings (SSSR count). The third kappa shape index (κ3) is 13.9. The number of hydrogen-bond donors (Lipinski definition) is 0. The quantitative estimate of drug-likeness (QED) is 0.341. The van der Waals surface area contributed by atoms with Crippen molar-refractivity contribution in [3.05, 3.63) is 0 Å². The third-order valence-corrected chi connectivity index (χ3v) is 3.60. The molecule has 0 saturated carbocycles. The molecule has 4 heteroatoms. The second kappa shape index (κ2) is 14.9. The van der Waals surface area contributed by atoms with Crippen molar-refractivity contribution in [1.29, 1.82) is 0 Å². The average Bonchev–Trinajstić information content (AvgIpc) is 2.47. The summed E-state index contributed by atoms with van der Waals surface area (Å²) >= 11 is 0. The lowest BCUT2D eigenvalue weighted by Gasteiger charge is -2.17. The molecule has 0 heterocycles. The van der Waals surface area contributed by atoms with Gasteiger partial charge in [-0.3, -0.25) is 9.59 Å². The molecule has 0 aliphatic heterocycles. The standard InChI is InChI=1S/C18H34O4/c1-4-6-7-8-9-10-11-12-14-17(22-16(3)19)15-21-18(20)13-5-2/h17H,4-15H2,1-3H3/t17-/m0/s1. The number of hydrogen-bond acceptors (Lipinski definition) is 4. The summed E-state index contributed by atoms with van der Waals surface area (Å²) in [6.45, 7) is 5.75. The highest BCUT2D eigenvalue weighted by Crippen LogP contribution is 2.12. The second-order valence-corrected chi connectivity index (χ2v) is 5.93. The fraction of sp³-hybridized carbons (Fsp3) is 0.889. The SMILES string of the molecule is CCCCCCCCCC[C@@H](COC(=O)CCC)OC(C)=O. The maximum atomic E-state index is 11.4. The van der Waals surface area contributed by atoms with Gasteiger partial charge < -0.3 is 9.47 Å². The van der Waals surface area contributed by atoms with Gasteiger partial charge in [-0.25, -0.2) is 0 Å². The zero-order valence-electron chi connectivity index (χ0n) is 14.7. The van der Waals surface area contributed by atoms with E-state index < -0.39 is 0 Å². The van der Waals surface area contributed by atoms with E-state index in [9.17, 15) is 9.59 Å². The Balaban J connectivity index is 3.75. The molecule has 130 valence electrons. The second-order valence-electron chi connectivity index (χ2n) is 5.93. The monoisotopic (exact) mass is 314 g/mol. The Kier molecular flexibility index (Phi) is 14.1. The summed E-state index contributed by atoms with van der Waals surface area (Å²) in [5.41, 5.74) is 0. The van der Waals surface area contributed by atoms with Crippen molar-refractivity contribution in [3.8, 4) is 0 Å². The van der Waals surface area contributed by atoms with Crippen molar-refractivity contribution < 1.29 is 19.1 Å². The van der Waals surface area contributed by atoms with Crippen molar-refractivity contribution in [1.82, 2.24) is 0 Å². The minimum Gasteiger partial charge on any atom is -0.462 e. The molecule has 0 amide bonds. The molecule has 22 heavy (non-hydrogen) atoms. The van der Waals surface area contributed by atoms with Gasteiger partial charge in [0.2, 0.25) is 0 Å². The Morgan fingerprint density at radius 2 is 1.45 bits per heavy atom. The molecule has 0 N–H and O–H groups in total. The normalized spacial score (nSPS) is 12.0. The first kappa shape index (κ1) is 20.9. The van der Waals surface area contributed by atoms with Crippen molar-refractivity contribution in [2.75, 3.05) is 6.61 Å². The number of carbonyl (C=O) groups excluding carboxylic acids is 2.